The van der Waals surface area contributed by atoms with Gasteiger partial charge in [0.1, 0.15) is 11.1 Å². The van der Waals surface area contributed by atoms with E-state index in [1.165, 1.54) is 18.2 Å². The summed E-state index contributed by atoms with van der Waals surface area (Å²) in [5.74, 6) is 0.514. The van der Waals surface area contributed by atoms with E-state index >= 15 is 0 Å². The second-order valence-corrected chi connectivity index (χ2v) is 8.42. The molecule has 11 heteroatoms. The number of nitrogens with one attached hydrogen (secondary N) is 1. The van der Waals surface area contributed by atoms with E-state index in [0.29, 0.717) is 66.0 Å². The van der Waals surface area contributed by atoms with Gasteiger partial charge >= 0.3 is 0 Å². The van der Waals surface area contributed by atoms with Crippen LogP contribution in [0.4, 0.5) is 17.2 Å². The van der Waals surface area contributed by atoms with Crippen molar-refractivity contribution in [2.24, 2.45) is 0 Å². The number of nitro groups is 1. The Bertz CT molecular complexity index is 1660. The molecule has 0 spiro atoms. The molecular weight excluding hydrogens is 476 g/mol. The van der Waals surface area contributed by atoms with E-state index in [1.807, 2.05) is 18.2 Å². The summed E-state index contributed by atoms with van der Waals surface area (Å²) >= 11 is 0. The topological polar surface area (TPSA) is 137 Å². The Labute approximate surface area is 209 Å². The normalized spacial score (nSPS) is 13.7. The number of benzene rings is 2. The molecule has 0 radical (unpaired) electrons. The molecule has 1 saturated heterocycles. The van der Waals surface area contributed by atoms with Crippen LogP contribution in [-0.4, -0.2) is 52.1 Å². The first kappa shape index (κ1) is 22.6. The van der Waals surface area contributed by atoms with Gasteiger partial charge in [0.2, 0.25) is 5.71 Å². The van der Waals surface area contributed by atoms with Crippen molar-refractivity contribution in [2.75, 3.05) is 36.5 Å². The molecule has 2 aromatic carbocycles. The molecule has 11 nitrogen and oxygen atoms in total. The summed E-state index contributed by atoms with van der Waals surface area (Å²) < 4.78 is 11.6. The largest absolute Gasteiger partial charge is 0.432 e. The smallest absolute Gasteiger partial charge is 0.282 e. The maximum absolute atomic E-state index is 12.8. The number of amides is 1. The lowest BCUT2D eigenvalue weighted by atomic mass is 10.1. The molecule has 37 heavy (non-hydrogen) atoms. The molecule has 0 aliphatic carbocycles. The highest BCUT2D eigenvalue weighted by Crippen LogP contribution is 2.34. The van der Waals surface area contributed by atoms with Gasteiger partial charge in [-0.15, -0.1) is 0 Å². The minimum Gasteiger partial charge on any atom is -0.432 e. The van der Waals surface area contributed by atoms with Crippen LogP contribution in [0.1, 0.15) is 10.4 Å². The lowest BCUT2D eigenvalue weighted by Crippen LogP contribution is -2.37. The number of anilines is 2. The van der Waals surface area contributed by atoms with E-state index in [1.54, 1.807) is 30.5 Å². The number of hydrogen-bond acceptors (Lipinski definition) is 9. The minimum atomic E-state index is -0.582. The van der Waals surface area contributed by atoms with Crippen molar-refractivity contribution in [3.63, 3.8) is 0 Å². The molecule has 1 aliphatic rings. The van der Waals surface area contributed by atoms with Crippen LogP contribution in [0, 0.1) is 10.1 Å². The summed E-state index contributed by atoms with van der Waals surface area (Å²) in [6, 6.07) is 16.6. The summed E-state index contributed by atoms with van der Waals surface area (Å²) in [7, 11) is 0. The third-order valence-electron chi connectivity index (χ3n) is 6.11. The summed E-state index contributed by atoms with van der Waals surface area (Å²) in [6.07, 6.45) is 1.66. The first-order chi connectivity index (χ1) is 18.1. The molecule has 1 N–H and O–H groups in total. The van der Waals surface area contributed by atoms with Gasteiger partial charge in [-0.1, -0.05) is 24.3 Å². The van der Waals surface area contributed by atoms with Crippen LogP contribution in [-0.2, 0) is 4.74 Å². The van der Waals surface area contributed by atoms with Crippen molar-refractivity contribution in [2.45, 2.75) is 0 Å². The Morgan fingerprint density at radius 2 is 1.86 bits per heavy atom. The summed E-state index contributed by atoms with van der Waals surface area (Å²) in [6.45, 7) is 2.46. The van der Waals surface area contributed by atoms with Crippen LogP contribution in [0.15, 0.2) is 71.3 Å². The van der Waals surface area contributed by atoms with Crippen molar-refractivity contribution in [3.8, 4) is 11.4 Å². The number of para-hydroxylation sites is 1. The highest BCUT2D eigenvalue weighted by Gasteiger charge is 2.23. The van der Waals surface area contributed by atoms with E-state index in [2.05, 4.69) is 15.2 Å². The lowest BCUT2D eigenvalue weighted by Gasteiger charge is -2.27. The Balaban J connectivity index is 1.41. The van der Waals surface area contributed by atoms with Crippen LogP contribution in [0.25, 0.3) is 33.6 Å². The quantitative estimate of drug-likeness (QED) is 0.277. The molecule has 3 aromatic heterocycles. The molecule has 0 bridgehead atoms. The van der Waals surface area contributed by atoms with Gasteiger partial charge in [-0.2, -0.15) is 0 Å². The predicted molar refractivity (Wildman–Crippen MR) is 137 cm³/mol. The number of carbonyl (C=O) groups excluding carboxylic acids is 1. The molecule has 1 aliphatic heterocycles. The highest BCUT2D eigenvalue weighted by molar-refractivity contribution is 6.07. The predicted octanol–water partition coefficient (Wildman–Crippen LogP) is 4.44. The van der Waals surface area contributed by atoms with Gasteiger partial charge in [-0.3, -0.25) is 14.9 Å². The number of rotatable bonds is 5. The van der Waals surface area contributed by atoms with Crippen LogP contribution in [0.5, 0.6) is 0 Å². The number of aromatic nitrogens is 3. The fourth-order valence-electron chi connectivity index (χ4n) is 4.34. The van der Waals surface area contributed by atoms with Crippen molar-refractivity contribution < 1.29 is 18.9 Å². The maximum atomic E-state index is 12.8. The number of pyridine rings is 1. The van der Waals surface area contributed by atoms with Gasteiger partial charge in [-0.05, 0) is 30.3 Å². The van der Waals surface area contributed by atoms with Crippen molar-refractivity contribution in [1.29, 1.82) is 0 Å². The standard InChI is InChI=1S/C26H20N6O5/c33-25(18-7-1-2-9-20(18)32(34)35)28-17-6-3-5-16(15-17)23-29-21-19-8-4-10-27-26(19)37-22(21)24(30-23)31-11-13-36-14-12-31/h1-10,15H,11-14H2,(H,28,33). The van der Waals surface area contributed by atoms with Crippen LogP contribution < -0.4 is 10.2 Å². The average molecular weight is 496 g/mol. The molecule has 5 aromatic rings. The molecule has 184 valence electrons. The summed E-state index contributed by atoms with van der Waals surface area (Å²) in [5, 5.41) is 14.9. The molecule has 0 unspecified atom stereocenters. The molecule has 1 fully saturated rings. The number of nitrogens with zero attached hydrogens (tertiary/aromatic N) is 5. The molecule has 4 heterocycles. The summed E-state index contributed by atoms with van der Waals surface area (Å²) in [4.78, 5) is 39.7. The number of furan rings is 1. The molecular formula is C26H20N6O5. The van der Waals surface area contributed by atoms with Gasteiger partial charge in [0.25, 0.3) is 11.6 Å². The molecule has 1 amide bonds. The fraction of sp³-hybridized carbons (Fsp3) is 0.154. The number of morpholine rings is 1. The first-order valence-electron chi connectivity index (χ1n) is 11.6. The Hall–Kier alpha value is -4.90. The van der Waals surface area contributed by atoms with Crippen LogP contribution in [0.3, 0.4) is 0 Å². The van der Waals surface area contributed by atoms with E-state index in [4.69, 9.17) is 19.1 Å². The third-order valence-corrected chi connectivity index (χ3v) is 6.11. The minimum absolute atomic E-state index is 0.0254. The van der Waals surface area contributed by atoms with Crippen LogP contribution >= 0.6 is 0 Å². The lowest BCUT2D eigenvalue weighted by molar-refractivity contribution is -0.385. The zero-order valence-corrected chi connectivity index (χ0v) is 19.5. The Morgan fingerprint density at radius 1 is 1.03 bits per heavy atom. The van der Waals surface area contributed by atoms with Crippen molar-refractivity contribution >= 4 is 45.3 Å². The monoisotopic (exact) mass is 496 g/mol. The van der Waals surface area contributed by atoms with E-state index in [0.717, 1.165) is 5.39 Å². The maximum Gasteiger partial charge on any atom is 0.282 e. The van der Waals surface area contributed by atoms with Gasteiger partial charge in [-0.25, -0.2) is 15.0 Å². The van der Waals surface area contributed by atoms with Crippen molar-refractivity contribution in [1.82, 2.24) is 15.0 Å². The number of hydrogen-bond donors (Lipinski definition) is 1. The van der Waals surface area contributed by atoms with Crippen LogP contribution in [0.2, 0.25) is 0 Å². The Kier molecular flexibility index (Phi) is 5.66. The zero-order chi connectivity index (χ0) is 25.4. The second kappa shape index (κ2) is 9.28. The van der Waals surface area contributed by atoms with Gasteiger partial charge in [0, 0.05) is 36.6 Å². The van der Waals surface area contributed by atoms with Gasteiger partial charge in [0.15, 0.2) is 17.2 Å². The van der Waals surface area contributed by atoms with E-state index < -0.39 is 10.8 Å². The number of nitro benzene ring substituents is 1. The third kappa shape index (κ3) is 4.21. The number of fused-ring (bicyclic) bond motifs is 3. The molecule has 0 atom stereocenters. The number of carbonyl (C=O) groups is 1. The van der Waals surface area contributed by atoms with Crippen molar-refractivity contribution in [3.05, 3.63) is 82.5 Å². The Morgan fingerprint density at radius 3 is 2.70 bits per heavy atom. The van der Waals surface area contributed by atoms with Gasteiger partial charge < -0.3 is 19.4 Å². The SMILES string of the molecule is O=C(Nc1cccc(-c2nc(N3CCOCC3)c3oc4ncccc4c3n2)c1)c1ccccc1[N+](=O)[O-]. The average Bonchev–Trinajstić information content (AvgIpc) is 3.32. The first-order valence-corrected chi connectivity index (χ1v) is 11.6. The van der Waals surface area contributed by atoms with E-state index in [-0.39, 0.29) is 11.3 Å². The highest BCUT2D eigenvalue weighted by atomic mass is 16.6. The molecule has 0 saturated carbocycles. The zero-order valence-electron chi connectivity index (χ0n) is 19.5. The molecule has 6 rings (SSSR count). The fourth-order valence-corrected chi connectivity index (χ4v) is 4.34. The van der Waals surface area contributed by atoms with E-state index in [9.17, 15) is 14.9 Å². The number of ether oxygens (including phenoxy) is 1. The summed E-state index contributed by atoms with van der Waals surface area (Å²) in [5.41, 5.74) is 2.50. The second-order valence-electron chi connectivity index (χ2n) is 8.42. The van der Waals surface area contributed by atoms with Gasteiger partial charge in [0.05, 0.1) is 23.5 Å².